The predicted molar refractivity (Wildman–Crippen MR) is 148 cm³/mol. The van der Waals surface area contributed by atoms with Gasteiger partial charge in [-0.1, -0.05) is 24.3 Å². The number of aryl methyl sites for hydroxylation is 1. The molecule has 0 spiro atoms. The van der Waals surface area contributed by atoms with Crippen molar-refractivity contribution in [3.63, 3.8) is 0 Å². The average molecular weight is 523 g/mol. The first-order chi connectivity index (χ1) is 18.1. The minimum Gasteiger partial charge on any atom is -0.497 e. The van der Waals surface area contributed by atoms with Crippen LogP contribution in [0.2, 0.25) is 0 Å². The van der Waals surface area contributed by atoms with Crippen LogP contribution in [0, 0.1) is 5.92 Å². The van der Waals surface area contributed by atoms with Crippen LogP contribution < -0.4 is 4.74 Å². The molecule has 1 saturated heterocycles. The lowest BCUT2D eigenvalue weighted by molar-refractivity contribution is 0.0171. The SMILES string of the molecule is COc1ccc(C2CC2N(CC2CCN(CCCc3ccc(C(=O)O)cc3)CC2)C(=O)OC(C)(C)C)cc1. The zero-order valence-corrected chi connectivity index (χ0v) is 23.2. The first-order valence-corrected chi connectivity index (χ1v) is 13.8. The van der Waals surface area contributed by atoms with Crippen LogP contribution in [0.15, 0.2) is 48.5 Å². The Bertz CT molecular complexity index is 1070. The molecule has 1 N–H and O–H groups in total. The molecule has 1 heterocycles. The molecule has 0 radical (unpaired) electrons. The summed E-state index contributed by atoms with van der Waals surface area (Å²) in [6.45, 7) is 9.64. The predicted octanol–water partition coefficient (Wildman–Crippen LogP) is 5.83. The van der Waals surface area contributed by atoms with Crippen LogP contribution in [0.25, 0.3) is 0 Å². The van der Waals surface area contributed by atoms with Crippen molar-refractivity contribution in [1.29, 1.82) is 0 Å². The van der Waals surface area contributed by atoms with Gasteiger partial charge in [0.2, 0.25) is 0 Å². The zero-order valence-electron chi connectivity index (χ0n) is 23.2. The standard InChI is InChI=1S/C31H42N2O5/c1-31(2,3)38-30(36)33(28-20-27(28)24-11-13-26(37-4)14-12-24)21-23-15-18-32(19-16-23)17-5-6-22-7-9-25(10-8-22)29(34)35/h7-14,23,27-28H,5-6,15-21H2,1-4H3,(H,34,35). The van der Waals surface area contributed by atoms with Gasteiger partial charge in [0.05, 0.1) is 12.7 Å². The van der Waals surface area contributed by atoms with E-state index >= 15 is 0 Å². The van der Waals surface area contributed by atoms with Crippen LogP contribution in [-0.4, -0.2) is 71.9 Å². The molecule has 2 aliphatic rings. The van der Waals surface area contributed by atoms with Crippen molar-refractivity contribution in [3.05, 3.63) is 65.2 Å². The first-order valence-electron chi connectivity index (χ1n) is 13.8. The van der Waals surface area contributed by atoms with E-state index in [1.54, 1.807) is 19.2 Å². The highest BCUT2D eigenvalue weighted by Crippen LogP contribution is 2.46. The van der Waals surface area contributed by atoms with E-state index in [0.29, 0.717) is 17.4 Å². The topological polar surface area (TPSA) is 79.3 Å². The van der Waals surface area contributed by atoms with Gasteiger partial charge < -0.3 is 24.4 Å². The third-order valence-electron chi connectivity index (χ3n) is 7.63. The number of rotatable bonds is 10. The van der Waals surface area contributed by atoms with Gasteiger partial charge in [-0.3, -0.25) is 0 Å². The van der Waals surface area contributed by atoms with Crippen molar-refractivity contribution in [3.8, 4) is 5.75 Å². The molecule has 0 bridgehead atoms. The van der Waals surface area contributed by atoms with E-state index in [9.17, 15) is 9.59 Å². The zero-order chi connectivity index (χ0) is 27.3. The fraction of sp³-hybridized carbons (Fsp3) is 0.548. The van der Waals surface area contributed by atoms with Crippen LogP contribution in [0.5, 0.6) is 5.75 Å². The van der Waals surface area contributed by atoms with Gasteiger partial charge in [-0.25, -0.2) is 9.59 Å². The number of piperidine rings is 1. The molecule has 1 amide bonds. The molecule has 38 heavy (non-hydrogen) atoms. The smallest absolute Gasteiger partial charge is 0.410 e. The first kappa shape index (κ1) is 28.0. The number of carboxylic acids is 1. The summed E-state index contributed by atoms with van der Waals surface area (Å²) in [5, 5.41) is 9.06. The monoisotopic (exact) mass is 522 g/mol. The Hall–Kier alpha value is -3.06. The van der Waals surface area contributed by atoms with Gasteiger partial charge in [0.1, 0.15) is 11.4 Å². The summed E-state index contributed by atoms with van der Waals surface area (Å²) in [6.07, 6.45) is 4.92. The van der Waals surface area contributed by atoms with Gasteiger partial charge in [-0.2, -0.15) is 0 Å². The number of ether oxygens (including phenoxy) is 2. The minimum absolute atomic E-state index is 0.184. The number of likely N-dealkylation sites (tertiary alicyclic amines) is 1. The van der Waals surface area contributed by atoms with Crippen molar-refractivity contribution < 1.29 is 24.2 Å². The highest BCUT2D eigenvalue weighted by atomic mass is 16.6. The highest BCUT2D eigenvalue weighted by molar-refractivity contribution is 5.87. The second-order valence-corrected chi connectivity index (χ2v) is 11.7. The van der Waals surface area contributed by atoms with E-state index in [1.807, 2.05) is 49.9 Å². The minimum atomic E-state index is -0.886. The van der Waals surface area contributed by atoms with Gasteiger partial charge in [0.25, 0.3) is 0 Å². The number of amides is 1. The van der Waals surface area contributed by atoms with E-state index in [4.69, 9.17) is 14.6 Å². The Morgan fingerprint density at radius 3 is 2.26 bits per heavy atom. The molecule has 1 saturated carbocycles. The summed E-state index contributed by atoms with van der Waals surface area (Å²) in [5.41, 5.74) is 2.24. The fourth-order valence-corrected chi connectivity index (χ4v) is 5.39. The van der Waals surface area contributed by atoms with Crippen LogP contribution in [0.1, 0.15) is 73.9 Å². The number of hydrogen-bond donors (Lipinski definition) is 1. The third kappa shape index (κ3) is 7.73. The van der Waals surface area contributed by atoms with Gasteiger partial charge in [0, 0.05) is 18.5 Å². The number of benzene rings is 2. The van der Waals surface area contributed by atoms with Crippen molar-refractivity contribution in [2.24, 2.45) is 5.92 Å². The number of methoxy groups -OCH3 is 1. The number of carbonyl (C=O) groups is 2. The van der Waals surface area contributed by atoms with E-state index in [0.717, 1.165) is 64.0 Å². The highest BCUT2D eigenvalue weighted by Gasteiger charge is 2.46. The Morgan fingerprint density at radius 1 is 1.03 bits per heavy atom. The van der Waals surface area contributed by atoms with E-state index < -0.39 is 11.6 Å². The summed E-state index contributed by atoms with van der Waals surface area (Å²) in [4.78, 5) is 28.8. The van der Waals surface area contributed by atoms with Crippen LogP contribution in [0.4, 0.5) is 4.79 Å². The maximum Gasteiger partial charge on any atom is 0.410 e. The lowest BCUT2D eigenvalue weighted by atomic mass is 9.95. The normalized spacial score (nSPS) is 20.1. The second kappa shape index (κ2) is 12.2. The lowest BCUT2D eigenvalue weighted by Crippen LogP contribution is -2.44. The van der Waals surface area contributed by atoms with Gasteiger partial charge in [0.15, 0.2) is 0 Å². The molecule has 4 rings (SSSR count). The van der Waals surface area contributed by atoms with Crippen molar-refractivity contribution in [1.82, 2.24) is 9.80 Å². The molecule has 0 aromatic heterocycles. The molecule has 1 aliphatic carbocycles. The number of carboxylic acid groups (broad SMARTS) is 1. The average Bonchev–Trinajstić information content (AvgIpc) is 3.68. The quantitative estimate of drug-likeness (QED) is 0.423. The lowest BCUT2D eigenvalue weighted by Gasteiger charge is -2.36. The van der Waals surface area contributed by atoms with Crippen LogP contribution in [-0.2, 0) is 11.2 Å². The van der Waals surface area contributed by atoms with Crippen molar-refractivity contribution >= 4 is 12.1 Å². The fourth-order valence-electron chi connectivity index (χ4n) is 5.39. The molecular formula is C31H42N2O5. The number of nitrogens with zero attached hydrogens (tertiary/aromatic N) is 2. The Labute approximate surface area is 226 Å². The summed E-state index contributed by atoms with van der Waals surface area (Å²) in [7, 11) is 1.67. The maximum absolute atomic E-state index is 13.2. The Morgan fingerprint density at radius 2 is 1.68 bits per heavy atom. The maximum atomic E-state index is 13.2. The van der Waals surface area contributed by atoms with E-state index in [2.05, 4.69) is 17.0 Å². The number of carbonyl (C=O) groups excluding carboxylic acids is 1. The van der Waals surface area contributed by atoms with Gasteiger partial charge >= 0.3 is 12.1 Å². The van der Waals surface area contributed by atoms with Crippen LogP contribution in [0.3, 0.4) is 0 Å². The van der Waals surface area contributed by atoms with E-state index in [1.165, 1.54) is 11.1 Å². The van der Waals surface area contributed by atoms with E-state index in [-0.39, 0.29) is 12.1 Å². The van der Waals surface area contributed by atoms with Crippen molar-refractivity contribution in [2.45, 2.75) is 70.4 Å². The summed E-state index contributed by atoms with van der Waals surface area (Å²) in [5.74, 6) is 0.776. The summed E-state index contributed by atoms with van der Waals surface area (Å²) < 4.78 is 11.1. The number of hydrogen-bond acceptors (Lipinski definition) is 5. The molecular weight excluding hydrogens is 480 g/mol. The van der Waals surface area contributed by atoms with Gasteiger partial charge in [-0.15, -0.1) is 0 Å². The van der Waals surface area contributed by atoms with Gasteiger partial charge in [-0.05, 0) is 114 Å². The Kier molecular flexibility index (Phi) is 8.98. The van der Waals surface area contributed by atoms with Crippen molar-refractivity contribution in [2.75, 3.05) is 33.3 Å². The second-order valence-electron chi connectivity index (χ2n) is 11.7. The molecule has 2 aromatic rings. The summed E-state index contributed by atoms with van der Waals surface area (Å²) in [6, 6.07) is 15.6. The molecule has 2 aromatic carbocycles. The molecule has 206 valence electrons. The molecule has 2 fully saturated rings. The summed E-state index contributed by atoms with van der Waals surface area (Å²) >= 11 is 0. The molecule has 7 nitrogen and oxygen atoms in total. The third-order valence-corrected chi connectivity index (χ3v) is 7.63. The molecule has 2 atom stereocenters. The Balaban J connectivity index is 1.27. The largest absolute Gasteiger partial charge is 0.497 e. The molecule has 7 heteroatoms. The van der Waals surface area contributed by atoms with Crippen LogP contribution >= 0.6 is 0 Å². The molecule has 2 unspecified atom stereocenters. The molecule has 1 aliphatic heterocycles. The number of aromatic carboxylic acids is 1.